The van der Waals surface area contributed by atoms with Gasteiger partial charge < -0.3 is 18.6 Å². The highest BCUT2D eigenvalue weighted by atomic mass is 16.3. The molecule has 0 aliphatic heterocycles. The van der Waals surface area contributed by atoms with Gasteiger partial charge in [-0.3, -0.25) is 0 Å². The van der Waals surface area contributed by atoms with E-state index in [2.05, 4.69) is 212 Å². The van der Waals surface area contributed by atoms with E-state index in [4.69, 9.17) is 8.83 Å². The van der Waals surface area contributed by atoms with Crippen molar-refractivity contribution in [1.82, 2.24) is 0 Å². The number of benzene rings is 9. The van der Waals surface area contributed by atoms with Gasteiger partial charge in [-0.25, -0.2) is 0 Å². The highest BCUT2D eigenvalue weighted by Gasteiger charge is 2.21. The van der Waals surface area contributed by atoms with E-state index < -0.39 is 0 Å². The number of fused-ring (bicyclic) bond motifs is 8. The third-order valence-corrected chi connectivity index (χ3v) is 13.8. The molecule has 4 nitrogen and oxygen atoms in total. The third kappa shape index (κ3) is 6.35. The Hall–Kier alpha value is -7.30. The van der Waals surface area contributed by atoms with Crippen molar-refractivity contribution < 1.29 is 8.83 Å². The zero-order valence-electron chi connectivity index (χ0n) is 37.5. The molecule has 0 fully saturated rings. The van der Waals surface area contributed by atoms with Gasteiger partial charge in [-0.05, 0) is 220 Å². The standard InChI is InChI=1S/C59H50N2O2/c1-33-10-16-46(17-11-33)60(50-22-35(3)39(7)36(4)23-50)48-20-14-42-28-52-54(30-44(42)26-48)62-56-32-57-59(41(9)58(52)56)53-29-43-15-21-49(27-45(43)31-55(53)63-57)61(47-18-12-34(2)13-19-47)51-24-37(5)40(8)38(6)25-51/h10-32H,1-9H3. The van der Waals surface area contributed by atoms with Crippen molar-refractivity contribution in [2.45, 2.75) is 62.3 Å². The second kappa shape index (κ2) is 14.4. The summed E-state index contributed by atoms with van der Waals surface area (Å²) in [5.74, 6) is 0. The van der Waals surface area contributed by atoms with Crippen molar-refractivity contribution in [3.8, 4) is 0 Å². The quantitative estimate of drug-likeness (QED) is 0.167. The smallest absolute Gasteiger partial charge is 0.139 e. The van der Waals surface area contributed by atoms with Crippen LogP contribution in [0.4, 0.5) is 34.1 Å². The van der Waals surface area contributed by atoms with Crippen molar-refractivity contribution in [3.05, 3.63) is 190 Å². The first-order valence-electron chi connectivity index (χ1n) is 22.0. The molecule has 9 aromatic carbocycles. The fourth-order valence-corrected chi connectivity index (χ4v) is 9.76. The first-order valence-corrected chi connectivity index (χ1v) is 22.0. The van der Waals surface area contributed by atoms with Crippen molar-refractivity contribution in [2.75, 3.05) is 9.80 Å². The van der Waals surface area contributed by atoms with Gasteiger partial charge >= 0.3 is 0 Å². The van der Waals surface area contributed by atoms with Crippen LogP contribution in [0.1, 0.15) is 50.1 Å². The van der Waals surface area contributed by atoms with Crippen LogP contribution in [0.5, 0.6) is 0 Å². The lowest BCUT2D eigenvalue weighted by atomic mass is 9.98. The highest BCUT2D eigenvalue weighted by Crippen LogP contribution is 2.45. The first-order chi connectivity index (χ1) is 30.4. The minimum Gasteiger partial charge on any atom is -0.456 e. The van der Waals surface area contributed by atoms with E-state index in [1.54, 1.807) is 0 Å². The Labute approximate surface area is 368 Å². The fraction of sp³-hybridized carbons (Fsp3) is 0.153. The fourth-order valence-electron chi connectivity index (χ4n) is 9.76. The number of hydrogen-bond donors (Lipinski definition) is 0. The topological polar surface area (TPSA) is 32.8 Å². The van der Waals surface area contributed by atoms with Crippen LogP contribution in [-0.4, -0.2) is 0 Å². The summed E-state index contributed by atoms with van der Waals surface area (Å²) >= 11 is 0. The van der Waals surface area contributed by atoms with Crippen LogP contribution in [0.15, 0.2) is 148 Å². The van der Waals surface area contributed by atoms with E-state index in [1.165, 1.54) is 60.8 Å². The van der Waals surface area contributed by atoms with Gasteiger partial charge in [0.1, 0.15) is 22.3 Å². The number of aryl methyl sites for hydroxylation is 7. The molecule has 2 heterocycles. The molecule has 11 aromatic rings. The Kier molecular flexibility index (Phi) is 8.82. The van der Waals surface area contributed by atoms with Gasteiger partial charge in [-0.2, -0.15) is 0 Å². The molecule has 0 spiro atoms. The molecule has 0 radical (unpaired) electrons. The molecule has 0 amide bonds. The van der Waals surface area contributed by atoms with E-state index in [9.17, 15) is 0 Å². The van der Waals surface area contributed by atoms with Gasteiger partial charge in [-0.15, -0.1) is 0 Å². The molecule has 0 aliphatic rings. The Morgan fingerprint density at radius 2 is 0.651 bits per heavy atom. The Morgan fingerprint density at radius 1 is 0.286 bits per heavy atom. The third-order valence-electron chi connectivity index (χ3n) is 13.8. The summed E-state index contributed by atoms with van der Waals surface area (Å²) in [6, 6.07) is 51.4. The van der Waals surface area contributed by atoms with Crippen molar-refractivity contribution in [2.24, 2.45) is 0 Å². The minimum atomic E-state index is 0.834. The van der Waals surface area contributed by atoms with E-state index >= 15 is 0 Å². The predicted octanol–water partition coefficient (Wildman–Crippen LogP) is 17.5. The molecule has 308 valence electrons. The molecule has 63 heavy (non-hydrogen) atoms. The highest BCUT2D eigenvalue weighted by molar-refractivity contribution is 6.21. The van der Waals surface area contributed by atoms with Crippen molar-refractivity contribution >= 4 is 99.5 Å². The van der Waals surface area contributed by atoms with Crippen LogP contribution in [0.25, 0.3) is 65.4 Å². The number of furan rings is 2. The largest absolute Gasteiger partial charge is 0.456 e. The average Bonchev–Trinajstić information content (AvgIpc) is 3.81. The average molecular weight is 819 g/mol. The SMILES string of the molecule is Cc1ccc(N(c2cc(C)c(C)c(C)c2)c2ccc3cc4c(cc3c2)oc2cc3oc5cc6cc(N(c7ccc(C)cc7)c7cc(C)c(C)c(C)c7)ccc6cc5c3c(C)c24)cc1. The van der Waals surface area contributed by atoms with Crippen LogP contribution in [0.3, 0.4) is 0 Å². The molecule has 0 aliphatic carbocycles. The Bertz CT molecular complexity index is 3380. The monoisotopic (exact) mass is 818 g/mol. The minimum absolute atomic E-state index is 0.834. The zero-order valence-corrected chi connectivity index (χ0v) is 37.5. The summed E-state index contributed by atoms with van der Waals surface area (Å²) in [4.78, 5) is 4.72. The number of nitrogens with zero attached hydrogens (tertiary/aromatic N) is 2. The van der Waals surface area contributed by atoms with Crippen LogP contribution >= 0.6 is 0 Å². The predicted molar refractivity (Wildman–Crippen MR) is 268 cm³/mol. The van der Waals surface area contributed by atoms with Gasteiger partial charge in [0.25, 0.3) is 0 Å². The molecular weight excluding hydrogens is 769 g/mol. The molecule has 0 saturated carbocycles. The van der Waals surface area contributed by atoms with Crippen molar-refractivity contribution in [3.63, 3.8) is 0 Å². The van der Waals surface area contributed by atoms with Crippen LogP contribution in [0.2, 0.25) is 0 Å². The van der Waals surface area contributed by atoms with Crippen LogP contribution in [0, 0.1) is 62.3 Å². The molecule has 0 bridgehead atoms. The second-order valence-corrected chi connectivity index (χ2v) is 18.0. The number of anilines is 6. The first kappa shape index (κ1) is 38.6. The van der Waals surface area contributed by atoms with Crippen molar-refractivity contribution in [1.29, 1.82) is 0 Å². The second-order valence-electron chi connectivity index (χ2n) is 18.0. The summed E-state index contributed by atoms with van der Waals surface area (Å²) in [5, 5.41) is 9.08. The summed E-state index contributed by atoms with van der Waals surface area (Å²) in [6.07, 6.45) is 0. The molecule has 2 aromatic heterocycles. The maximum absolute atomic E-state index is 6.73. The molecule has 0 unspecified atom stereocenters. The van der Waals surface area contributed by atoms with Gasteiger partial charge in [-0.1, -0.05) is 47.5 Å². The lowest BCUT2D eigenvalue weighted by molar-refractivity contribution is 0.656. The maximum atomic E-state index is 6.73. The zero-order chi connectivity index (χ0) is 43.4. The summed E-state index contributed by atoms with van der Waals surface area (Å²) < 4.78 is 13.5. The molecule has 0 atom stereocenters. The van der Waals surface area contributed by atoms with Gasteiger partial charge in [0.2, 0.25) is 0 Å². The Morgan fingerprint density at radius 3 is 1.03 bits per heavy atom. The number of hydrogen-bond acceptors (Lipinski definition) is 4. The molecule has 4 heteroatoms. The molecule has 11 rings (SSSR count). The lowest BCUT2D eigenvalue weighted by Crippen LogP contribution is -2.11. The number of rotatable bonds is 6. The van der Waals surface area contributed by atoms with Crippen LogP contribution in [-0.2, 0) is 0 Å². The van der Waals surface area contributed by atoms with Crippen LogP contribution < -0.4 is 9.80 Å². The Balaban J connectivity index is 1.02. The lowest BCUT2D eigenvalue weighted by Gasteiger charge is -2.27. The van der Waals surface area contributed by atoms with E-state index in [0.717, 1.165) is 88.8 Å². The maximum Gasteiger partial charge on any atom is 0.139 e. The van der Waals surface area contributed by atoms with E-state index in [1.807, 2.05) is 0 Å². The molecule has 0 saturated heterocycles. The summed E-state index contributed by atoms with van der Waals surface area (Å²) in [7, 11) is 0. The molecule has 0 N–H and O–H groups in total. The van der Waals surface area contributed by atoms with E-state index in [0.29, 0.717) is 0 Å². The van der Waals surface area contributed by atoms with Gasteiger partial charge in [0, 0.05) is 61.7 Å². The van der Waals surface area contributed by atoms with Gasteiger partial charge in [0.15, 0.2) is 0 Å². The molecular formula is C59H50N2O2. The summed E-state index contributed by atoms with van der Waals surface area (Å²) in [6.45, 7) is 19.7. The summed E-state index contributed by atoms with van der Waals surface area (Å²) in [5.41, 5.74) is 21.6. The normalized spacial score (nSPS) is 11.9. The van der Waals surface area contributed by atoms with E-state index in [-0.39, 0.29) is 0 Å². The van der Waals surface area contributed by atoms with Gasteiger partial charge in [0.05, 0.1) is 0 Å².